The average molecular weight is 489 g/mol. The molecule has 1 aliphatic heterocycles. The molecule has 0 spiro atoms. The molecule has 1 saturated heterocycles. The predicted molar refractivity (Wildman–Crippen MR) is 130 cm³/mol. The van der Waals surface area contributed by atoms with Crippen molar-refractivity contribution in [1.82, 2.24) is 25.7 Å². The van der Waals surface area contributed by atoms with E-state index < -0.39 is 17.1 Å². The fraction of sp³-hybridized carbons (Fsp3) is 0.320. The molecular weight excluding hydrogens is 463 g/mol. The number of nitrogens with two attached hydrogens (primary N) is 1. The van der Waals surface area contributed by atoms with Crippen LogP contribution in [0.15, 0.2) is 41.1 Å². The monoisotopic (exact) mass is 488 g/mol. The molecule has 11 heteroatoms. The van der Waals surface area contributed by atoms with E-state index in [2.05, 4.69) is 36.6 Å². The van der Waals surface area contributed by atoms with E-state index in [1.807, 2.05) is 6.07 Å². The number of anilines is 1. The molecule has 5 rings (SSSR count). The number of H-pyrrole nitrogens is 1. The first-order valence-corrected chi connectivity index (χ1v) is 11.6. The van der Waals surface area contributed by atoms with Crippen molar-refractivity contribution in [3.05, 3.63) is 59.4 Å². The third-order valence-corrected chi connectivity index (χ3v) is 6.41. The highest BCUT2D eigenvalue weighted by molar-refractivity contribution is 6.00. The van der Waals surface area contributed by atoms with Gasteiger partial charge < -0.3 is 20.5 Å². The Morgan fingerprint density at radius 3 is 2.94 bits per heavy atom. The van der Waals surface area contributed by atoms with Crippen LogP contribution in [0.1, 0.15) is 42.1 Å². The lowest BCUT2D eigenvalue weighted by atomic mass is 9.92. The standard InChI is InChI=1S/C25H25FN8O2/c1-25(2,13-27)20-10-19(33-36-20)24(35)30-11-15-4-3-14(9-18(15)26)17-5-7-29-22-21(17)23(32-31-22)34-8-6-16(28)12-34/h3-5,7,9-10,16H,6,8,11-12,28H2,1-2H3,(H,30,35)(H,29,31,32). The molecule has 1 aliphatic rings. The van der Waals surface area contributed by atoms with Crippen LogP contribution in [0.2, 0.25) is 0 Å². The van der Waals surface area contributed by atoms with Gasteiger partial charge in [0.25, 0.3) is 5.91 Å². The zero-order valence-corrected chi connectivity index (χ0v) is 19.9. The highest BCUT2D eigenvalue weighted by atomic mass is 19.1. The van der Waals surface area contributed by atoms with E-state index in [1.54, 1.807) is 32.2 Å². The maximum absolute atomic E-state index is 15.1. The second kappa shape index (κ2) is 9.05. The molecular formula is C25H25FN8O2. The van der Waals surface area contributed by atoms with Gasteiger partial charge in [0.1, 0.15) is 11.2 Å². The minimum absolute atomic E-state index is 0.0265. The normalized spacial score (nSPS) is 15.9. The number of hydrogen-bond acceptors (Lipinski definition) is 8. The predicted octanol–water partition coefficient (Wildman–Crippen LogP) is 3.02. The molecule has 10 nitrogen and oxygen atoms in total. The Morgan fingerprint density at radius 1 is 1.39 bits per heavy atom. The Bertz CT molecular complexity index is 1480. The number of amides is 1. The molecule has 1 unspecified atom stereocenters. The first-order valence-electron chi connectivity index (χ1n) is 11.6. The van der Waals surface area contributed by atoms with E-state index in [4.69, 9.17) is 10.3 Å². The number of nitrogens with zero attached hydrogens (tertiary/aromatic N) is 5. The van der Waals surface area contributed by atoms with Gasteiger partial charge in [-0.15, -0.1) is 0 Å². The number of rotatable bonds is 6. The molecule has 0 bridgehead atoms. The Morgan fingerprint density at radius 2 is 2.22 bits per heavy atom. The molecule has 184 valence electrons. The van der Waals surface area contributed by atoms with Crippen molar-refractivity contribution in [3.63, 3.8) is 0 Å². The average Bonchev–Trinajstić information content (AvgIpc) is 3.62. The van der Waals surface area contributed by atoms with Gasteiger partial charge in [-0.05, 0) is 43.5 Å². The number of carbonyl (C=O) groups is 1. The molecule has 0 radical (unpaired) electrons. The first-order chi connectivity index (χ1) is 17.3. The molecule has 3 aromatic heterocycles. The van der Waals surface area contributed by atoms with Gasteiger partial charge in [0, 0.05) is 43.5 Å². The van der Waals surface area contributed by atoms with Crippen molar-refractivity contribution in [2.75, 3.05) is 18.0 Å². The fourth-order valence-electron chi connectivity index (χ4n) is 4.24. The second-order valence-electron chi connectivity index (χ2n) is 9.43. The maximum Gasteiger partial charge on any atom is 0.273 e. The highest BCUT2D eigenvalue weighted by Crippen LogP contribution is 2.35. The Kier molecular flexibility index (Phi) is 5.89. The van der Waals surface area contributed by atoms with Crippen LogP contribution in [0.4, 0.5) is 10.2 Å². The number of carbonyl (C=O) groups excluding carboxylic acids is 1. The lowest BCUT2D eigenvalue weighted by Crippen LogP contribution is -2.26. The van der Waals surface area contributed by atoms with Crippen LogP contribution in [0, 0.1) is 17.1 Å². The zero-order chi connectivity index (χ0) is 25.4. The number of pyridine rings is 1. The summed E-state index contributed by atoms with van der Waals surface area (Å²) in [5.74, 6) is 0.0515. The van der Waals surface area contributed by atoms with Crippen LogP contribution >= 0.6 is 0 Å². The molecule has 0 saturated carbocycles. The van der Waals surface area contributed by atoms with E-state index in [-0.39, 0.29) is 24.0 Å². The van der Waals surface area contributed by atoms with Gasteiger partial charge in [0.15, 0.2) is 22.9 Å². The van der Waals surface area contributed by atoms with E-state index in [0.29, 0.717) is 23.3 Å². The van der Waals surface area contributed by atoms with Crippen LogP contribution in [-0.4, -0.2) is 45.4 Å². The summed E-state index contributed by atoms with van der Waals surface area (Å²) in [6, 6.07) is 10.3. The molecule has 1 fully saturated rings. The number of hydrogen-bond donors (Lipinski definition) is 3. The van der Waals surface area contributed by atoms with Crippen molar-refractivity contribution in [1.29, 1.82) is 5.26 Å². The van der Waals surface area contributed by atoms with Crippen LogP contribution < -0.4 is 16.0 Å². The van der Waals surface area contributed by atoms with Gasteiger partial charge in [-0.1, -0.05) is 17.3 Å². The fourth-order valence-corrected chi connectivity index (χ4v) is 4.24. The summed E-state index contributed by atoms with van der Waals surface area (Å²) in [5, 5.41) is 23.8. The second-order valence-corrected chi connectivity index (χ2v) is 9.43. The topological polar surface area (TPSA) is 150 Å². The molecule has 0 aliphatic carbocycles. The molecule has 1 atom stereocenters. The quantitative estimate of drug-likeness (QED) is 0.375. The summed E-state index contributed by atoms with van der Waals surface area (Å²) >= 11 is 0. The van der Waals surface area contributed by atoms with Crippen molar-refractivity contribution in [3.8, 4) is 17.2 Å². The number of fused-ring (bicyclic) bond motifs is 1. The highest BCUT2D eigenvalue weighted by Gasteiger charge is 2.27. The third kappa shape index (κ3) is 4.27. The van der Waals surface area contributed by atoms with Crippen LogP contribution in [0.5, 0.6) is 0 Å². The molecule has 1 amide bonds. The third-order valence-electron chi connectivity index (χ3n) is 6.41. The van der Waals surface area contributed by atoms with Gasteiger partial charge in [-0.3, -0.25) is 9.89 Å². The Balaban J connectivity index is 1.36. The van der Waals surface area contributed by atoms with E-state index >= 15 is 4.39 Å². The SMILES string of the molecule is CC(C)(C#N)c1cc(C(=O)NCc2ccc(-c3ccnc4[nH]nc(N5CCC(N)C5)c34)cc2F)no1. The minimum Gasteiger partial charge on any atom is -0.359 e. The molecule has 4 heterocycles. The lowest BCUT2D eigenvalue weighted by molar-refractivity contribution is 0.0941. The lowest BCUT2D eigenvalue weighted by Gasteiger charge is -2.16. The smallest absolute Gasteiger partial charge is 0.273 e. The Hall–Kier alpha value is -4.30. The van der Waals surface area contributed by atoms with Gasteiger partial charge in [0.2, 0.25) is 0 Å². The summed E-state index contributed by atoms with van der Waals surface area (Å²) in [4.78, 5) is 19.0. The van der Waals surface area contributed by atoms with E-state index in [1.165, 1.54) is 12.1 Å². The van der Waals surface area contributed by atoms with Crippen molar-refractivity contribution in [2.24, 2.45) is 5.73 Å². The zero-order valence-electron chi connectivity index (χ0n) is 19.9. The number of aromatic nitrogens is 4. The first kappa shape index (κ1) is 23.4. The maximum atomic E-state index is 15.1. The number of nitrogens with one attached hydrogen (secondary N) is 2. The number of benzene rings is 1. The molecule has 4 aromatic rings. The summed E-state index contributed by atoms with van der Waals surface area (Å²) < 4.78 is 20.2. The van der Waals surface area contributed by atoms with Gasteiger partial charge in [-0.2, -0.15) is 10.4 Å². The summed E-state index contributed by atoms with van der Waals surface area (Å²) in [6.07, 6.45) is 2.53. The van der Waals surface area contributed by atoms with Crippen LogP contribution in [0.25, 0.3) is 22.2 Å². The number of halogens is 1. The van der Waals surface area contributed by atoms with Crippen molar-refractivity contribution >= 4 is 22.8 Å². The van der Waals surface area contributed by atoms with E-state index in [9.17, 15) is 10.1 Å². The molecule has 4 N–H and O–H groups in total. The summed E-state index contributed by atoms with van der Waals surface area (Å²) in [7, 11) is 0. The summed E-state index contributed by atoms with van der Waals surface area (Å²) in [6.45, 7) is 4.78. The number of nitriles is 1. The molecule has 1 aromatic carbocycles. The van der Waals surface area contributed by atoms with Crippen molar-refractivity contribution < 1.29 is 13.7 Å². The minimum atomic E-state index is -0.915. The van der Waals surface area contributed by atoms with Crippen LogP contribution in [0.3, 0.4) is 0 Å². The molecule has 36 heavy (non-hydrogen) atoms. The summed E-state index contributed by atoms with van der Waals surface area (Å²) in [5.41, 5.74) is 7.59. The van der Waals surface area contributed by atoms with Crippen molar-refractivity contribution in [2.45, 2.75) is 38.3 Å². The van der Waals surface area contributed by atoms with Gasteiger partial charge in [-0.25, -0.2) is 9.37 Å². The number of aromatic amines is 1. The van der Waals surface area contributed by atoms with E-state index in [0.717, 1.165) is 29.7 Å². The van der Waals surface area contributed by atoms with Gasteiger partial charge >= 0.3 is 0 Å². The van der Waals surface area contributed by atoms with Crippen LogP contribution in [-0.2, 0) is 12.0 Å². The largest absolute Gasteiger partial charge is 0.359 e. The van der Waals surface area contributed by atoms with Gasteiger partial charge in [0.05, 0.1) is 11.5 Å². The Labute approximate surface area is 206 Å².